The highest BCUT2D eigenvalue weighted by molar-refractivity contribution is 7.74. The predicted molar refractivity (Wildman–Crippen MR) is 77.5 cm³/mol. The number of phenols is 2. The summed E-state index contributed by atoms with van der Waals surface area (Å²) in [5.74, 6) is -0.0857. The number of rotatable bonds is 5. The third kappa shape index (κ3) is 4.04. The third-order valence-corrected chi connectivity index (χ3v) is 3.66. The van der Waals surface area contributed by atoms with E-state index < -0.39 is 17.5 Å². The van der Waals surface area contributed by atoms with Gasteiger partial charge >= 0.3 is 0 Å². The average Bonchev–Trinajstić information content (AvgIpc) is 2.42. The van der Waals surface area contributed by atoms with Crippen LogP contribution in [0.15, 0.2) is 48.5 Å². The van der Waals surface area contributed by atoms with E-state index in [2.05, 4.69) is 0 Å². The van der Waals surface area contributed by atoms with Crippen LogP contribution in [0.2, 0.25) is 0 Å². The molecule has 112 valence electrons. The Kier molecular flexibility index (Phi) is 4.95. The fourth-order valence-corrected chi connectivity index (χ4v) is 2.64. The summed E-state index contributed by atoms with van der Waals surface area (Å²) in [4.78, 5) is 0. The van der Waals surface area contributed by atoms with Crippen LogP contribution in [-0.2, 0) is 15.5 Å². The zero-order valence-corrected chi connectivity index (χ0v) is 12.1. The first-order chi connectivity index (χ1) is 9.97. The quantitative estimate of drug-likeness (QED) is 0.828. The maximum absolute atomic E-state index is 10.8. The summed E-state index contributed by atoms with van der Waals surface area (Å²) in [6, 6.07) is 13.0. The van der Waals surface area contributed by atoms with E-state index in [0.29, 0.717) is 0 Å². The van der Waals surface area contributed by atoms with Gasteiger partial charge in [-0.3, -0.25) is 4.18 Å². The molecule has 0 saturated heterocycles. The van der Waals surface area contributed by atoms with Crippen molar-refractivity contribution >= 4 is 11.4 Å². The molecule has 0 amide bonds. The molecular formula is C15H15O5S-. The lowest BCUT2D eigenvalue weighted by molar-refractivity contribution is 0.201. The molecule has 2 N–H and O–H groups in total. The van der Waals surface area contributed by atoms with E-state index in [9.17, 15) is 19.0 Å². The normalized spacial score (nSPS) is 14.0. The molecule has 0 radical (unpaired) electrons. The lowest BCUT2D eigenvalue weighted by Crippen LogP contribution is -2.21. The van der Waals surface area contributed by atoms with Gasteiger partial charge in [0.1, 0.15) is 11.5 Å². The van der Waals surface area contributed by atoms with Crippen molar-refractivity contribution in [3.63, 3.8) is 0 Å². The van der Waals surface area contributed by atoms with Gasteiger partial charge in [0.2, 0.25) is 0 Å². The largest absolute Gasteiger partial charge is 0.750 e. The lowest BCUT2D eigenvalue weighted by atomic mass is 9.87. The Bertz CT molecular complexity index is 563. The standard InChI is InChI=1S/C15H16O5S/c1-10(20-21(18)19)15(11-2-6-13(16)7-3-11)12-4-8-14(17)9-5-12/h2-10,15-17H,1H3,(H,18,19)/p-1. The van der Waals surface area contributed by atoms with Gasteiger partial charge in [-0.2, -0.15) is 0 Å². The van der Waals surface area contributed by atoms with Crippen LogP contribution in [0.1, 0.15) is 24.0 Å². The van der Waals surface area contributed by atoms with Gasteiger partial charge in [-0.1, -0.05) is 24.3 Å². The molecule has 2 aromatic carbocycles. The molecule has 0 heterocycles. The van der Waals surface area contributed by atoms with Gasteiger partial charge in [0.15, 0.2) is 0 Å². The summed E-state index contributed by atoms with van der Waals surface area (Å²) in [6.45, 7) is 1.65. The highest BCUT2D eigenvalue weighted by Gasteiger charge is 2.23. The first-order valence-corrected chi connectivity index (χ1v) is 7.31. The van der Waals surface area contributed by atoms with Crippen molar-refractivity contribution in [2.45, 2.75) is 18.9 Å². The highest BCUT2D eigenvalue weighted by atomic mass is 32.2. The Labute approximate surface area is 125 Å². The summed E-state index contributed by atoms with van der Waals surface area (Å²) in [7, 11) is 0. The Hall–Kier alpha value is -1.89. The lowest BCUT2D eigenvalue weighted by Gasteiger charge is -2.25. The topological polar surface area (TPSA) is 89.8 Å². The van der Waals surface area contributed by atoms with Crippen molar-refractivity contribution < 1.29 is 23.2 Å². The van der Waals surface area contributed by atoms with Crippen molar-refractivity contribution in [1.29, 1.82) is 0 Å². The monoisotopic (exact) mass is 307 g/mol. The summed E-state index contributed by atoms with van der Waals surface area (Å²) < 4.78 is 26.4. The second kappa shape index (κ2) is 6.71. The van der Waals surface area contributed by atoms with Crippen molar-refractivity contribution in [3.05, 3.63) is 59.7 Å². The van der Waals surface area contributed by atoms with Crippen LogP contribution >= 0.6 is 0 Å². The maximum atomic E-state index is 10.8. The summed E-state index contributed by atoms with van der Waals surface area (Å²) >= 11 is -2.62. The summed E-state index contributed by atoms with van der Waals surface area (Å²) in [6.07, 6.45) is -0.627. The molecule has 0 saturated carbocycles. The Balaban J connectivity index is 2.40. The fourth-order valence-electron chi connectivity index (χ4n) is 2.28. The molecule has 0 aliphatic heterocycles. The van der Waals surface area contributed by atoms with Gasteiger partial charge < -0.3 is 14.8 Å². The second-order valence-electron chi connectivity index (χ2n) is 4.67. The molecule has 2 aromatic rings. The Morgan fingerprint density at radius 2 is 1.33 bits per heavy atom. The van der Waals surface area contributed by atoms with Crippen LogP contribution in [0.4, 0.5) is 0 Å². The Morgan fingerprint density at radius 3 is 1.67 bits per heavy atom. The van der Waals surface area contributed by atoms with Gasteiger partial charge in [0, 0.05) is 5.92 Å². The predicted octanol–water partition coefficient (Wildman–Crippen LogP) is 2.43. The molecule has 0 bridgehead atoms. The maximum Gasteiger partial charge on any atom is 0.115 e. The third-order valence-electron chi connectivity index (χ3n) is 3.20. The molecule has 2 atom stereocenters. The van der Waals surface area contributed by atoms with Gasteiger partial charge in [0.05, 0.1) is 17.5 Å². The van der Waals surface area contributed by atoms with E-state index in [0.717, 1.165) is 11.1 Å². The molecule has 0 aliphatic rings. The van der Waals surface area contributed by atoms with E-state index in [1.54, 1.807) is 31.2 Å². The molecule has 0 aliphatic carbocycles. The first kappa shape index (κ1) is 15.5. The number of phenolic OH excluding ortho intramolecular Hbond substituents is 2. The van der Waals surface area contributed by atoms with E-state index in [4.69, 9.17) is 4.18 Å². The van der Waals surface area contributed by atoms with Gasteiger partial charge in [0.25, 0.3) is 0 Å². The molecule has 5 nitrogen and oxygen atoms in total. The number of hydrogen-bond acceptors (Lipinski definition) is 5. The van der Waals surface area contributed by atoms with Crippen molar-refractivity contribution in [2.24, 2.45) is 0 Å². The van der Waals surface area contributed by atoms with Crippen LogP contribution in [0.25, 0.3) is 0 Å². The van der Waals surface area contributed by atoms with Gasteiger partial charge in [-0.15, -0.1) is 0 Å². The van der Waals surface area contributed by atoms with Crippen molar-refractivity contribution in [1.82, 2.24) is 0 Å². The van der Waals surface area contributed by atoms with Crippen LogP contribution in [0, 0.1) is 0 Å². The SMILES string of the molecule is CC(OS(=O)[O-])C(c1ccc(O)cc1)c1ccc(O)cc1. The summed E-state index contributed by atoms with van der Waals surface area (Å²) in [5, 5.41) is 18.7. The van der Waals surface area contributed by atoms with Crippen LogP contribution in [0.3, 0.4) is 0 Å². The number of aromatic hydroxyl groups is 2. The first-order valence-electron chi connectivity index (χ1n) is 6.31. The molecule has 2 rings (SSSR count). The van der Waals surface area contributed by atoms with Crippen molar-refractivity contribution in [2.75, 3.05) is 0 Å². The second-order valence-corrected chi connectivity index (χ2v) is 5.27. The molecular weight excluding hydrogens is 292 g/mol. The van der Waals surface area contributed by atoms with E-state index in [-0.39, 0.29) is 17.4 Å². The van der Waals surface area contributed by atoms with Crippen LogP contribution in [0.5, 0.6) is 11.5 Å². The zero-order valence-electron chi connectivity index (χ0n) is 11.3. The minimum Gasteiger partial charge on any atom is -0.750 e. The van der Waals surface area contributed by atoms with Crippen LogP contribution in [-0.4, -0.2) is 25.1 Å². The minimum atomic E-state index is -2.62. The molecule has 0 fully saturated rings. The van der Waals surface area contributed by atoms with Gasteiger partial charge in [-0.05, 0) is 42.3 Å². The molecule has 2 unspecified atom stereocenters. The minimum absolute atomic E-state index is 0.129. The number of hydrogen-bond donors (Lipinski definition) is 2. The van der Waals surface area contributed by atoms with E-state index >= 15 is 0 Å². The molecule has 21 heavy (non-hydrogen) atoms. The molecule has 0 spiro atoms. The Morgan fingerprint density at radius 1 is 0.952 bits per heavy atom. The molecule has 0 aromatic heterocycles. The smallest absolute Gasteiger partial charge is 0.115 e. The van der Waals surface area contributed by atoms with Crippen molar-refractivity contribution in [3.8, 4) is 11.5 Å². The molecule has 6 heteroatoms. The number of benzene rings is 2. The zero-order chi connectivity index (χ0) is 15.4. The van der Waals surface area contributed by atoms with Gasteiger partial charge in [-0.25, -0.2) is 4.21 Å². The fraction of sp³-hybridized carbons (Fsp3) is 0.200. The average molecular weight is 307 g/mol. The van der Waals surface area contributed by atoms with Crippen LogP contribution < -0.4 is 0 Å². The highest BCUT2D eigenvalue weighted by Crippen LogP contribution is 2.32. The van der Waals surface area contributed by atoms with E-state index in [1.165, 1.54) is 24.3 Å². The summed E-state index contributed by atoms with van der Waals surface area (Å²) in [5.41, 5.74) is 1.60. The van der Waals surface area contributed by atoms with E-state index in [1.807, 2.05) is 0 Å².